The molecular formula is C62H41N. The highest BCUT2D eigenvalue weighted by Gasteiger charge is 2.46. The van der Waals surface area contributed by atoms with Gasteiger partial charge in [-0.2, -0.15) is 0 Å². The van der Waals surface area contributed by atoms with Crippen LogP contribution in [-0.4, -0.2) is 4.98 Å². The molecule has 0 bridgehead atoms. The molecule has 0 radical (unpaired) electrons. The lowest BCUT2D eigenvalue weighted by atomic mass is 9.67. The van der Waals surface area contributed by atoms with E-state index in [1.165, 1.54) is 88.7 Å². The topological polar surface area (TPSA) is 12.9 Å². The summed E-state index contributed by atoms with van der Waals surface area (Å²) in [6.45, 7) is 0. The molecule has 10 aromatic carbocycles. The SMILES string of the molecule is c1ccc(-c2ccc(-c3cc(-c4ccc(-c5ccc6cc(-c7ccc8c(c7)C(c7ccccc7)(c7ccccc7)c7ccccc7-8)ccc6c5)cc4)c4ccccc4n3)cc2)cc1. The van der Waals surface area contributed by atoms with Crippen LogP contribution in [0.1, 0.15) is 22.3 Å². The van der Waals surface area contributed by atoms with Crippen molar-refractivity contribution in [3.8, 4) is 66.9 Å². The minimum absolute atomic E-state index is 0.423. The van der Waals surface area contributed by atoms with Gasteiger partial charge in [-0.25, -0.2) is 4.98 Å². The Morgan fingerprint density at radius 2 is 0.730 bits per heavy atom. The smallest absolute Gasteiger partial charge is 0.0715 e. The Labute approximate surface area is 368 Å². The predicted molar refractivity (Wildman–Crippen MR) is 264 cm³/mol. The number of hydrogen-bond donors (Lipinski definition) is 0. The first-order valence-electron chi connectivity index (χ1n) is 21.8. The van der Waals surface area contributed by atoms with Gasteiger partial charge in [0, 0.05) is 10.9 Å². The van der Waals surface area contributed by atoms with E-state index in [1.807, 2.05) is 0 Å². The van der Waals surface area contributed by atoms with Crippen molar-refractivity contribution in [1.82, 2.24) is 4.98 Å². The molecule has 0 aliphatic heterocycles. The maximum Gasteiger partial charge on any atom is 0.0715 e. The van der Waals surface area contributed by atoms with Crippen molar-refractivity contribution in [3.05, 3.63) is 271 Å². The van der Waals surface area contributed by atoms with Gasteiger partial charge in [0.1, 0.15) is 0 Å². The zero-order valence-corrected chi connectivity index (χ0v) is 34.6. The maximum atomic E-state index is 5.11. The van der Waals surface area contributed by atoms with Gasteiger partial charge < -0.3 is 0 Å². The van der Waals surface area contributed by atoms with Crippen molar-refractivity contribution in [1.29, 1.82) is 0 Å². The minimum atomic E-state index is -0.423. The molecule has 0 saturated carbocycles. The van der Waals surface area contributed by atoms with E-state index in [2.05, 4.69) is 249 Å². The van der Waals surface area contributed by atoms with Crippen molar-refractivity contribution in [2.75, 3.05) is 0 Å². The zero-order valence-electron chi connectivity index (χ0n) is 34.6. The second-order valence-corrected chi connectivity index (χ2v) is 16.7. The predicted octanol–water partition coefficient (Wildman–Crippen LogP) is 16.1. The van der Waals surface area contributed by atoms with Crippen LogP contribution in [0.25, 0.3) is 88.6 Å². The second-order valence-electron chi connectivity index (χ2n) is 16.7. The molecule has 12 rings (SSSR count). The molecule has 294 valence electrons. The Morgan fingerprint density at radius 1 is 0.270 bits per heavy atom. The third kappa shape index (κ3) is 6.20. The van der Waals surface area contributed by atoms with E-state index < -0.39 is 5.41 Å². The first-order chi connectivity index (χ1) is 31.2. The summed E-state index contributed by atoms with van der Waals surface area (Å²) >= 11 is 0. The molecule has 0 saturated heterocycles. The highest BCUT2D eigenvalue weighted by molar-refractivity contribution is 5.98. The summed E-state index contributed by atoms with van der Waals surface area (Å²) in [5, 5.41) is 3.59. The number of hydrogen-bond acceptors (Lipinski definition) is 1. The van der Waals surface area contributed by atoms with Gasteiger partial charge in [0.25, 0.3) is 0 Å². The highest BCUT2D eigenvalue weighted by Crippen LogP contribution is 2.56. The Hall–Kier alpha value is -8.13. The lowest BCUT2D eigenvalue weighted by Gasteiger charge is -2.34. The number of nitrogens with zero attached hydrogens (tertiary/aromatic N) is 1. The van der Waals surface area contributed by atoms with Crippen LogP contribution in [0.5, 0.6) is 0 Å². The minimum Gasteiger partial charge on any atom is -0.248 e. The van der Waals surface area contributed by atoms with Crippen LogP contribution in [0.2, 0.25) is 0 Å². The van der Waals surface area contributed by atoms with Crippen molar-refractivity contribution in [2.24, 2.45) is 0 Å². The first kappa shape index (κ1) is 36.7. The molecule has 0 fully saturated rings. The Kier molecular flexibility index (Phi) is 8.79. The van der Waals surface area contributed by atoms with Crippen LogP contribution in [0.15, 0.2) is 249 Å². The van der Waals surface area contributed by atoms with Gasteiger partial charge in [0.15, 0.2) is 0 Å². The third-order valence-electron chi connectivity index (χ3n) is 13.2. The van der Waals surface area contributed by atoms with Crippen LogP contribution in [0.3, 0.4) is 0 Å². The monoisotopic (exact) mass is 799 g/mol. The molecule has 11 aromatic rings. The number of fused-ring (bicyclic) bond motifs is 5. The summed E-state index contributed by atoms with van der Waals surface area (Å²) < 4.78 is 0. The molecule has 63 heavy (non-hydrogen) atoms. The summed E-state index contributed by atoms with van der Waals surface area (Å²) in [5.74, 6) is 0. The number of rotatable bonds is 7. The standard InChI is InChI=1S/C62H41N/c1-4-14-42(15-5-1)43-26-30-46(31-27-43)61-41-57(56-21-11-13-23-60(56)63-61)45-28-24-44(25-29-45)47-32-33-49-39-50(35-34-48(49)38-47)51-36-37-55-54-20-10-12-22-58(54)62(59(55)40-51,52-16-6-2-7-17-52)53-18-8-3-9-19-53/h1-41H. The average Bonchev–Trinajstić information content (AvgIpc) is 3.67. The fourth-order valence-corrected chi connectivity index (χ4v) is 10.1. The van der Waals surface area contributed by atoms with E-state index in [9.17, 15) is 0 Å². The van der Waals surface area contributed by atoms with Gasteiger partial charge in [0.05, 0.1) is 16.6 Å². The number of pyridine rings is 1. The van der Waals surface area contributed by atoms with Crippen molar-refractivity contribution >= 4 is 21.7 Å². The van der Waals surface area contributed by atoms with E-state index in [1.54, 1.807) is 0 Å². The summed E-state index contributed by atoms with van der Waals surface area (Å²) in [6, 6.07) is 90.8. The van der Waals surface area contributed by atoms with Gasteiger partial charge in [0.2, 0.25) is 0 Å². The van der Waals surface area contributed by atoms with E-state index >= 15 is 0 Å². The molecule has 0 amide bonds. The summed E-state index contributed by atoms with van der Waals surface area (Å²) in [4.78, 5) is 5.11. The Balaban J connectivity index is 0.874. The fourth-order valence-electron chi connectivity index (χ4n) is 10.1. The maximum absolute atomic E-state index is 5.11. The highest BCUT2D eigenvalue weighted by atomic mass is 14.7. The lowest BCUT2D eigenvalue weighted by molar-refractivity contribution is 0.769. The Bertz CT molecular complexity index is 3420. The molecule has 1 aliphatic carbocycles. The molecule has 0 N–H and O–H groups in total. The molecule has 1 aromatic heterocycles. The molecule has 0 unspecified atom stereocenters. The van der Waals surface area contributed by atoms with Crippen LogP contribution < -0.4 is 0 Å². The van der Waals surface area contributed by atoms with Crippen LogP contribution in [-0.2, 0) is 5.41 Å². The third-order valence-corrected chi connectivity index (χ3v) is 13.2. The van der Waals surface area contributed by atoms with Gasteiger partial charge in [-0.15, -0.1) is 0 Å². The lowest BCUT2D eigenvalue weighted by Crippen LogP contribution is -2.28. The fraction of sp³-hybridized carbons (Fsp3) is 0.0161. The molecular weight excluding hydrogens is 759 g/mol. The number of aromatic nitrogens is 1. The largest absolute Gasteiger partial charge is 0.248 e. The molecule has 1 aliphatic rings. The zero-order chi connectivity index (χ0) is 41.7. The van der Waals surface area contributed by atoms with E-state index in [0.29, 0.717) is 0 Å². The number of benzene rings is 10. The first-order valence-corrected chi connectivity index (χ1v) is 21.8. The van der Waals surface area contributed by atoms with Crippen LogP contribution in [0.4, 0.5) is 0 Å². The van der Waals surface area contributed by atoms with Crippen LogP contribution >= 0.6 is 0 Å². The van der Waals surface area contributed by atoms with Crippen molar-refractivity contribution in [3.63, 3.8) is 0 Å². The molecule has 1 nitrogen and oxygen atoms in total. The average molecular weight is 800 g/mol. The van der Waals surface area contributed by atoms with E-state index in [-0.39, 0.29) is 0 Å². The van der Waals surface area contributed by atoms with Gasteiger partial charge in [-0.3, -0.25) is 0 Å². The second kappa shape index (κ2) is 15.1. The van der Waals surface area contributed by atoms with Gasteiger partial charge in [-0.05, 0) is 119 Å². The quantitative estimate of drug-likeness (QED) is 0.156. The summed E-state index contributed by atoms with van der Waals surface area (Å²) in [7, 11) is 0. The molecule has 1 heterocycles. The van der Waals surface area contributed by atoms with E-state index in [4.69, 9.17) is 4.98 Å². The van der Waals surface area contributed by atoms with Gasteiger partial charge >= 0.3 is 0 Å². The number of para-hydroxylation sites is 1. The van der Waals surface area contributed by atoms with Crippen molar-refractivity contribution in [2.45, 2.75) is 5.41 Å². The molecule has 1 heteroatoms. The Morgan fingerprint density at radius 3 is 1.41 bits per heavy atom. The summed E-state index contributed by atoms with van der Waals surface area (Å²) in [5.41, 5.74) is 20.0. The van der Waals surface area contributed by atoms with Crippen LogP contribution in [0, 0.1) is 0 Å². The molecule has 0 spiro atoms. The molecule has 0 atom stereocenters. The normalized spacial score (nSPS) is 12.6. The van der Waals surface area contributed by atoms with E-state index in [0.717, 1.165) is 22.2 Å². The summed E-state index contributed by atoms with van der Waals surface area (Å²) in [6.07, 6.45) is 0. The van der Waals surface area contributed by atoms with Gasteiger partial charge in [-0.1, -0.05) is 218 Å². The van der Waals surface area contributed by atoms with Crippen molar-refractivity contribution < 1.29 is 0 Å².